The van der Waals surface area contributed by atoms with Crippen molar-refractivity contribution in [3.05, 3.63) is 11.1 Å². The SMILES string of the molecule is CCOC(=O)/C=C1\SCC(=O)N1CC(=O)N[C@@H]1CCCC[C@H]1C. The summed E-state index contributed by atoms with van der Waals surface area (Å²) in [4.78, 5) is 37.1. The molecule has 0 aromatic rings. The number of ether oxygens (including phenoxy) is 1. The fraction of sp³-hybridized carbons (Fsp3) is 0.688. The molecule has 1 N–H and O–H groups in total. The van der Waals surface area contributed by atoms with E-state index >= 15 is 0 Å². The van der Waals surface area contributed by atoms with Crippen molar-refractivity contribution in [1.29, 1.82) is 0 Å². The summed E-state index contributed by atoms with van der Waals surface area (Å²) in [5.41, 5.74) is 0. The van der Waals surface area contributed by atoms with Gasteiger partial charge < -0.3 is 10.1 Å². The van der Waals surface area contributed by atoms with Gasteiger partial charge in [0.1, 0.15) is 6.54 Å². The second kappa shape index (κ2) is 8.38. The first-order valence-electron chi connectivity index (χ1n) is 8.12. The van der Waals surface area contributed by atoms with E-state index in [9.17, 15) is 14.4 Å². The van der Waals surface area contributed by atoms with Gasteiger partial charge in [-0.15, -0.1) is 0 Å². The lowest BCUT2D eigenvalue weighted by molar-refractivity contribution is -0.137. The van der Waals surface area contributed by atoms with Gasteiger partial charge in [-0.1, -0.05) is 31.5 Å². The van der Waals surface area contributed by atoms with Gasteiger partial charge >= 0.3 is 5.97 Å². The molecule has 2 atom stereocenters. The predicted molar refractivity (Wildman–Crippen MR) is 88.4 cm³/mol. The molecule has 2 aliphatic rings. The van der Waals surface area contributed by atoms with Gasteiger partial charge in [-0.05, 0) is 25.7 Å². The van der Waals surface area contributed by atoms with Crippen molar-refractivity contribution in [2.24, 2.45) is 5.92 Å². The number of amides is 2. The van der Waals surface area contributed by atoms with E-state index in [0.717, 1.165) is 19.3 Å². The van der Waals surface area contributed by atoms with Crippen LogP contribution >= 0.6 is 11.8 Å². The fourth-order valence-electron chi connectivity index (χ4n) is 2.91. The van der Waals surface area contributed by atoms with E-state index in [1.165, 1.54) is 29.2 Å². The largest absolute Gasteiger partial charge is 0.463 e. The van der Waals surface area contributed by atoms with Gasteiger partial charge in [0.05, 0.1) is 23.5 Å². The van der Waals surface area contributed by atoms with Gasteiger partial charge in [-0.25, -0.2) is 4.79 Å². The molecule has 2 amide bonds. The molecule has 0 radical (unpaired) electrons. The molecular formula is C16H24N2O4S. The Bertz CT molecular complexity index is 506. The Morgan fingerprint density at radius 2 is 2.13 bits per heavy atom. The topological polar surface area (TPSA) is 75.7 Å². The summed E-state index contributed by atoms with van der Waals surface area (Å²) in [7, 11) is 0. The molecule has 0 aromatic carbocycles. The van der Waals surface area contributed by atoms with E-state index < -0.39 is 5.97 Å². The number of rotatable bonds is 5. The van der Waals surface area contributed by atoms with Crippen LogP contribution in [0.25, 0.3) is 0 Å². The molecule has 0 bridgehead atoms. The second-order valence-electron chi connectivity index (χ2n) is 5.94. The van der Waals surface area contributed by atoms with Crippen molar-refractivity contribution in [3.8, 4) is 0 Å². The summed E-state index contributed by atoms with van der Waals surface area (Å²) < 4.78 is 4.86. The van der Waals surface area contributed by atoms with Gasteiger partial charge in [0, 0.05) is 6.04 Å². The van der Waals surface area contributed by atoms with Crippen LogP contribution in [0.15, 0.2) is 11.1 Å². The zero-order chi connectivity index (χ0) is 16.8. The average molecular weight is 340 g/mol. The number of nitrogens with zero attached hydrogens (tertiary/aromatic N) is 1. The average Bonchev–Trinajstić information content (AvgIpc) is 2.83. The fourth-order valence-corrected chi connectivity index (χ4v) is 3.84. The Labute approximate surface area is 141 Å². The minimum atomic E-state index is -0.490. The number of esters is 1. The maximum atomic E-state index is 12.3. The number of hydrogen-bond donors (Lipinski definition) is 1. The number of carbonyl (C=O) groups excluding carboxylic acids is 3. The van der Waals surface area contributed by atoms with E-state index in [1.807, 2.05) is 0 Å². The molecule has 2 fully saturated rings. The summed E-state index contributed by atoms with van der Waals surface area (Å²) in [6, 6.07) is 0.180. The van der Waals surface area contributed by atoms with Crippen LogP contribution in [0.4, 0.5) is 0 Å². The van der Waals surface area contributed by atoms with Gasteiger partial charge in [-0.3, -0.25) is 14.5 Å². The maximum absolute atomic E-state index is 12.3. The molecule has 6 nitrogen and oxygen atoms in total. The highest BCUT2D eigenvalue weighted by Gasteiger charge is 2.30. The summed E-state index contributed by atoms with van der Waals surface area (Å²) >= 11 is 1.26. The van der Waals surface area contributed by atoms with Crippen LogP contribution in [0, 0.1) is 5.92 Å². The van der Waals surface area contributed by atoms with Crippen LogP contribution in [-0.2, 0) is 19.1 Å². The molecule has 23 heavy (non-hydrogen) atoms. The molecule has 1 saturated carbocycles. The van der Waals surface area contributed by atoms with Crippen LogP contribution in [-0.4, -0.2) is 47.6 Å². The van der Waals surface area contributed by atoms with E-state index in [1.54, 1.807) is 6.92 Å². The first kappa shape index (κ1) is 17.8. The molecule has 1 aliphatic heterocycles. The Kier molecular flexibility index (Phi) is 6.50. The smallest absolute Gasteiger partial charge is 0.333 e. The Hall–Kier alpha value is -1.50. The van der Waals surface area contributed by atoms with Crippen molar-refractivity contribution in [3.63, 3.8) is 0 Å². The van der Waals surface area contributed by atoms with E-state index in [2.05, 4.69) is 12.2 Å². The highest BCUT2D eigenvalue weighted by Crippen LogP contribution is 2.29. The number of hydrogen-bond acceptors (Lipinski definition) is 5. The summed E-state index contributed by atoms with van der Waals surface area (Å²) in [6.07, 6.45) is 5.73. The third-order valence-corrected chi connectivity index (χ3v) is 5.22. The Balaban J connectivity index is 1.94. The molecule has 1 saturated heterocycles. The van der Waals surface area contributed by atoms with Crippen molar-refractivity contribution < 1.29 is 19.1 Å². The van der Waals surface area contributed by atoms with Crippen molar-refractivity contribution in [2.75, 3.05) is 18.9 Å². The van der Waals surface area contributed by atoms with Gasteiger partial charge in [0.15, 0.2) is 0 Å². The van der Waals surface area contributed by atoms with Gasteiger partial charge in [0.2, 0.25) is 11.8 Å². The van der Waals surface area contributed by atoms with E-state index in [-0.39, 0.29) is 36.8 Å². The van der Waals surface area contributed by atoms with Crippen molar-refractivity contribution in [1.82, 2.24) is 10.2 Å². The first-order chi connectivity index (χ1) is 11.0. The van der Waals surface area contributed by atoms with Crippen LogP contribution in [0.5, 0.6) is 0 Å². The molecule has 1 aliphatic carbocycles. The minimum absolute atomic E-state index is 0.0414. The lowest BCUT2D eigenvalue weighted by Crippen LogP contribution is -2.45. The van der Waals surface area contributed by atoms with E-state index in [4.69, 9.17) is 4.74 Å². The molecule has 0 spiro atoms. The van der Waals surface area contributed by atoms with Crippen LogP contribution < -0.4 is 5.32 Å². The third kappa shape index (κ3) is 4.99. The minimum Gasteiger partial charge on any atom is -0.463 e. The van der Waals surface area contributed by atoms with E-state index in [0.29, 0.717) is 10.9 Å². The Morgan fingerprint density at radius 3 is 2.83 bits per heavy atom. The second-order valence-corrected chi connectivity index (χ2v) is 6.93. The highest BCUT2D eigenvalue weighted by molar-refractivity contribution is 8.04. The highest BCUT2D eigenvalue weighted by atomic mass is 32.2. The molecule has 0 unspecified atom stereocenters. The van der Waals surface area contributed by atoms with Crippen molar-refractivity contribution >= 4 is 29.5 Å². The lowest BCUT2D eigenvalue weighted by Gasteiger charge is -2.30. The first-order valence-corrected chi connectivity index (χ1v) is 9.10. The lowest BCUT2D eigenvalue weighted by atomic mass is 9.86. The predicted octanol–water partition coefficient (Wildman–Crippen LogP) is 1.66. The maximum Gasteiger partial charge on any atom is 0.333 e. The van der Waals surface area contributed by atoms with Gasteiger partial charge in [-0.2, -0.15) is 0 Å². The molecule has 0 aromatic heterocycles. The number of carbonyl (C=O) groups is 3. The molecule has 128 valence electrons. The summed E-state index contributed by atoms with van der Waals surface area (Å²) in [6.45, 7) is 4.11. The number of thioether (sulfide) groups is 1. The van der Waals surface area contributed by atoms with Gasteiger partial charge in [0.25, 0.3) is 0 Å². The normalized spacial score (nSPS) is 26.4. The zero-order valence-electron chi connectivity index (χ0n) is 13.7. The van der Waals surface area contributed by atoms with Crippen molar-refractivity contribution in [2.45, 2.75) is 45.6 Å². The third-order valence-electron chi connectivity index (χ3n) is 4.20. The molecule has 2 rings (SSSR count). The quantitative estimate of drug-likeness (QED) is 0.608. The summed E-state index contributed by atoms with van der Waals surface area (Å²) in [5.74, 6) is -0.105. The summed E-state index contributed by atoms with van der Waals surface area (Å²) in [5, 5.41) is 3.52. The molecule has 7 heteroatoms. The van der Waals surface area contributed by atoms with Crippen LogP contribution in [0.1, 0.15) is 39.5 Å². The molecule has 1 heterocycles. The standard InChI is InChI=1S/C16H24N2O4S/c1-3-22-16(21)8-15-18(14(20)10-23-15)9-13(19)17-12-7-5-4-6-11(12)2/h8,11-12H,3-7,9-10H2,1-2H3,(H,17,19)/b15-8-/t11-,12-/m1/s1. The van der Waals surface area contributed by atoms with Crippen LogP contribution in [0.2, 0.25) is 0 Å². The number of nitrogens with one attached hydrogen (secondary N) is 1. The van der Waals surface area contributed by atoms with Crippen LogP contribution in [0.3, 0.4) is 0 Å². The Morgan fingerprint density at radius 1 is 1.39 bits per heavy atom. The monoisotopic (exact) mass is 340 g/mol. The molecular weight excluding hydrogens is 316 g/mol. The zero-order valence-corrected chi connectivity index (χ0v) is 14.5.